The van der Waals surface area contributed by atoms with Crippen molar-refractivity contribution in [3.8, 4) is 0 Å². The van der Waals surface area contributed by atoms with Crippen LogP contribution in [0.15, 0.2) is 54.6 Å². The molecule has 2 aromatic carbocycles. The second-order valence-electron chi connectivity index (χ2n) is 6.10. The highest BCUT2D eigenvalue weighted by atomic mass is 19.1. The van der Waals surface area contributed by atoms with Crippen molar-refractivity contribution in [2.45, 2.75) is 13.0 Å². The van der Waals surface area contributed by atoms with Crippen LogP contribution < -0.4 is 15.5 Å². The highest BCUT2D eigenvalue weighted by Gasteiger charge is 2.30. The summed E-state index contributed by atoms with van der Waals surface area (Å²) in [6.07, 6.45) is 0.424. The van der Waals surface area contributed by atoms with Crippen LogP contribution in [0, 0.1) is 11.7 Å². The first kappa shape index (κ1) is 17.0. The molecule has 5 nitrogen and oxygen atoms in total. The summed E-state index contributed by atoms with van der Waals surface area (Å²) in [7, 11) is 0. The van der Waals surface area contributed by atoms with Gasteiger partial charge in [0, 0.05) is 37.7 Å². The van der Waals surface area contributed by atoms with E-state index < -0.39 is 0 Å². The lowest BCUT2D eigenvalue weighted by Gasteiger charge is -2.17. The molecule has 0 aliphatic carbocycles. The Kier molecular flexibility index (Phi) is 5.28. The van der Waals surface area contributed by atoms with E-state index >= 15 is 0 Å². The van der Waals surface area contributed by atoms with Crippen molar-refractivity contribution < 1.29 is 14.0 Å². The fraction of sp³-hybridized carbons (Fsp3) is 0.263. The minimum absolute atomic E-state index is 0.0738. The molecule has 1 fully saturated rings. The Hall–Kier alpha value is -2.89. The molecule has 1 unspecified atom stereocenters. The van der Waals surface area contributed by atoms with Crippen LogP contribution in [0.3, 0.4) is 0 Å². The molecule has 1 saturated heterocycles. The Morgan fingerprint density at radius 1 is 1.08 bits per heavy atom. The van der Waals surface area contributed by atoms with Crippen LogP contribution in [0.25, 0.3) is 0 Å². The van der Waals surface area contributed by atoms with Gasteiger partial charge in [-0.3, -0.25) is 4.79 Å². The molecule has 3 rings (SSSR count). The number of amides is 3. The maximum absolute atomic E-state index is 12.8. The zero-order valence-electron chi connectivity index (χ0n) is 13.7. The molecular formula is C19H20FN3O2. The molecule has 0 bridgehead atoms. The number of benzene rings is 2. The smallest absolute Gasteiger partial charge is 0.315 e. The Balaban J connectivity index is 1.43. The first-order valence-electron chi connectivity index (χ1n) is 8.23. The largest absolute Gasteiger partial charge is 0.338 e. The van der Waals surface area contributed by atoms with Crippen molar-refractivity contribution in [1.29, 1.82) is 0 Å². The quantitative estimate of drug-likeness (QED) is 0.878. The fourth-order valence-electron chi connectivity index (χ4n) is 2.86. The van der Waals surface area contributed by atoms with Gasteiger partial charge in [0.1, 0.15) is 5.82 Å². The van der Waals surface area contributed by atoms with E-state index in [1.165, 1.54) is 12.1 Å². The Morgan fingerprint density at radius 2 is 1.80 bits per heavy atom. The summed E-state index contributed by atoms with van der Waals surface area (Å²) in [6.45, 7) is 1.36. The van der Waals surface area contributed by atoms with Gasteiger partial charge in [-0.15, -0.1) is 0 Å². The zero-order chi connectivity index (χ0) is 17.6. The number of hydrogen-bond donors (Lipinski definition) is 2. The third kappa shape index (κ3) is 4.56. The number of urea groups is 1. The van der Waals surface area contributed by atoms with Crippen LogP contribution in [-0.4, -0.2) is 25.0 Å². The van der Waals surface area contributed by atoms with Crippen molar-refractivity contribution in [1.82, 2.24) is 10.6 Å². The highest BCUT2D eigenvalue weighted by Crippen LogP contribution is 2.24. The van der Waals surface area contributed by atoms with E-state index in [-0.39, 0.29) is 23.7 Å². The van der Waals surface area contributed by atoms with Gasteiger partial charge in [-0.2, -0.15) is 0 Å². The zero-order valence-corrected chi connectivity index (χ0v) is 13.7. The van der Waals surface area contributed by atoms with E-state index in [4.69, 9.17) is 0 Å². The van der Waals surface area contributed by atoms with Crippen LogP contribution in [0.5, 0.6) is 0 Å². The van der Waals surface area contributed by atoms with E-state index in [9.17, 15) is 14.0 Å². The number of anilines is 1. The van der Waals surface area contributed by atoms with E-state index in [1.54, 1.807) is 17.0 Å². The van der Waals surface area contributed by atoms with E-state index in [0.717, 1.165) is 11.3 Å². The van der Waals surface area contributed by atoms with Crippen molar-refractivity contribution >= 4 is 17.6 Å². The summed E-state index contributed by atoms with van der Waals surface area (Å²) in [5.74, 6) is -0.143. The molecule has 1 heterocycles. The predicted octanol–water partition coefficient (Wildman–Crippen LogP) is 2.68. The minimum Gasteiger partial charge on any atom is -0.338 e. The second kappa shape index (κ2) is 7.79. The molecule has 1 atom stereocenters. The predicted molar refractivity (Wildman–Crippen MR) is 93.5 cm³/mol. The van der Waals surface area contributed by atoms with E-state index in [1.807, 2.05) is 30.3 Å². The van der Waals surface area contributed by atoms with Crippen molar-refractivity contribution in [3.63, 3.8) is 0 Å². The average molecular weight is 341 g/mol. The van der Waals surface area contributed by atoms with E-state index in [2.05, 4.69) is 10.6 Å². The Morgan fingerprint density at radius 3 is 2.52 bits per heavy atom. The lowest BCUT2D eigenvalue weighted by molar-refractivity contribution is -0.117. The molecule has 3 amide bonds. The molecule has 130 valence electrons. The number of carbonyl (C=O) groups excluding carboxylic acids is 2. The van der Waals surface area contributed by atoms with Crippen LogP contribution in [-0.2, 0) is 11.3 Å². The highest BCUT2D eigenvalue weighted by molar-refractivity contribution is 5.95. The number of rotatable bonds is 5. The van der Waals surface area contributed by atoms with E-state index in [0.29, 0.717) is 26.1 Å². The normalized spacial score (nSPS) is 16.8. The van der Waals surface area contributed by atoms with Gasteiger partial charge in [0.15, 0.2) is 0 Å². The molecule has 1 aliphatic heterocycles. The minimum atomic E-state index is -0.304. The van der Waals surface area contributed by atoms with Gasteiger partial charge in [0.05, 0.1) is 0 Å². The summed E-state index contributed by atoms with van der Waals surface area (Å²) in [6, 6.07) is 15.2. The summed E-state index contributed by atoms with van der Waals surface area (Å²) in [5, 5.41) is 5.52. The van der Waals surface area contributed by atoms with Crippen LogP contribution in [0.2, 0.25) is 0 Å². The Labute approximate surface area is 145 Å². The molecule has 0 spiro atoms. The third-order valence-electron chi connectivity index (χ3n) is 4.19. The number of halogens is 1. The molecule has 0 radical (unpaired) electrons. The SMILES string of the molecule is O=C(NCc1ccc(F)cc1)NCC1CC(=O)N(c2ccccc2)C1. The second-order valence-corrected chi connectivity index (χ2v) is 6.10. The van der Waals surface area contributed by atoms with Crippen LogP contribution >= 0.6 is 0 Å². The van der Waals surface area contributed by atoms with Gasteiger partial charge in [-0.1, -0.05) is 30.3 Å². The van der Waals surface area contributed by atoms with Crippen molar-refractivity contribution in [2.75, 3.05) is 18.0 Å². The topological polar surface area (TPSA) is 61.4 Å². The van der Waals surface area contributed by atoms with Gasteiger partial charge in [-0.05, 0) is 29.8 Å². The molecule has 6 heteroatoms. The van der Waals surface area contributed by atoms with Crippen molar-refractivity contribution in [2.24, 2.45) is 5.92 Å². The fourth-order valence-corrected chi connectivity index (χ4v) is 2.86. The summed E-state index contributed by atoms with van der Waals surface area (Å²) in [4.78, 5) is 25.8. The summed E-state index contributed by atoms with van der Waals surface area (Å²) >= 11 is 0. The van der Waals surface area contributed by atoms with Gasteiger partial charge in [-0.25, -0.2) is 9.18 Å². The number of carbonyl (C=O) groups is 2. The maximum atomic E-state index is 12.8. The number of nitrogens with one attached hydrogen (secondary N) is 2. The lowest BCUT2D eigenvalue weighted by Crippen LogP contribution is -2.38. The van der Waals surface area contributed by atoms with Gasteiger partial charge in [0.2, 0.25) is 5.91 Å². The number of hydrogen-bond acceptors (Lipinski definition) is 2. The molecule has 0 aromatic heterocycles. The number of para-hydroxylation sites is 1. The third-order valence-corrected chi connectivity index (χ3v) is 4.19. The monoisotopic (exact) mass is 341 g/mol. The molecule has 2 N–H and O–H groups in total. The molecule has 25 heavy (non-hydrogen) atoms. The van der Waals surface area contributed by atoms with Gasteiger partial charge >= 0.3 is 6.03 Å². The summed E-state index contributed by atoms with van der Waals surface area (Å²) in [5.41, 5.74) is 1.71. The van der Waals surface area contributed by atoms with Crippen LogP contribution in [0.1, 0.15) is 12.0 Å². The van der Waals surface area contributed by atoms with Gasteiger partial charge < -0.3 is 15.5 Å². The van der Waals surface area contributed by atoms with Crippen LogP contribution in [0.4, 0.5) is 14.9 Å². The molecular weight excluding hydrogens is 321 g/mol. The lowest BCUT2D eigenvalue weighted by atomic mass is 10.1. The maximum Gasteiger partial charge on any atom is 0.315 e. The Bertz CT molecular complexity index is 734. The number of nitrogens with zero attached hydrogens (tertiary/aromatic N) is 1. The molecule has 2 aromatic rings. The first-order chi connectivity index (χ1) is 12.1. The standard InChI is InChI=1S/C19H20FN3O2/c20-16-8-6-14(7-9-16)11-21-19(25)22-12-15-10-18(24)23(13-15)17-4-2-1-3-5-17/h1-9,15H,10-13H2,(H2,21,22,25). The molecule has 0 saturated carbocycles. The van der Waals surface area contributed by atoms with Gasteiger partial charge in [0.25, 0.3) is 0 Å². The average Bonchev–Trinajstić information content (AvgIpc) is 3.01. The first-order valence-corrected chi connectivity index (χ1v) is 8.23. The summed E-state index contributed by atoms with van der Waals surface area (Å²) < 4.78 is 12.8. The van der Waals surface area contributed by atoms with Crippen molar-refractivity contribution in [3.05, 3.63) is 66.0 Å². The molecule has 1 aliphatic rings.